The van der Waals surface area contributed by atoms with Gasteiger partial charge in [0.25, 0.3) is 11.8 Å². The molecule has 0 spiro atoms. The number of aliphatic carboxylic acids is 1. The van der Waals surface area contributed by atoms with Gasteiger partial charge < -0.3 is 44.9 Å². The van der Waals surface area contributed by atoms with Gasteiger partial charge in [0.2, 0.25) is 0 Å². The van der Waals surface area contributed by atoms with Gasteiger partial charge in [-0.25, -0.2) is 19.6 Å². The van der Waals surface area contributed by atoms with E-state index in [9.17, 15) is 24.3 Å². The first-order valence-corrected chi connectivity index (χ1v) is 19.5. The normalized spacial score (nSPS) is 15.0. The first-order valence-electron chi connectivity index (χ1n) is 19.5. The summed E-state index contributed by atoms with van der Waals surface area (Å²) in [7, 11) is 5.39. The number of ether oxygens (including phenoxy) is 1. The van der Waals surface area contributed by atoms with Crippen LogP contribution in [0.25, 0.3) is 22.8 Å². The molecule has 4 aromatic rings. The molecule has 4 heterocycles. The first-order chi connectivity index (χ1) is 26.9. The van der Waals surface area contributed by atoms with Crippen molar-refractivity contribution in [3.05, 3.63) is 83.4 Å². The van der Waals surface area contributed by atoms with E-state index in [0.29, 0.717) is 24.5 Å². The molecule has 2 aromatic heterocycles. The second-order valence-corrected chi connectivity index (χ2v) is 17.1. The maximum atomic E-state index is 13.2. The number of carbonyl (C=O) groups excluding carboxylic acids is 3. The van der Waals surface area contributed by atoms with Crippen molar-refractivity contribution in [1.29, 1.82) is 0 Å². The number of rotatable bonds is 8. The molecule has 18 heteroatoms. The number of esters is 1. The van der Waals surface area contributed by atoms with Gasteiger partial charge in [0.05, 0.1) is 18.5 Å². The number of hydrogen-bond acceptors (Lipinski definition) is 10. The van der Waals surface area contributed by atoms with E-state index in [2.05, 4.69) is 34.6 Å². The molecular formula is C43H63LiN8O7S2. The molecule has 2 atom stereocenters. The molecule has 0 saturated heterocycles. The molecule has 61 heavy (non-hydrogen) atoms. The average Bonchev–Trinajstić information content (AvgIpc) is 3.54. The molecule has 2 aromatic carbocycles. The maximum Gasteiger partial charge on any atom is 1.00 e. The molecule has 0 radical (unpaired) electrons. The van der Waals surface area contributed by atoms with Crippen molar-refractivity contribution in [2.45, 2.75) is 92.6 Å². The van der Waals surface area contributed by atoms with Crippen LogP contribution in [-0.2, 0) is 40.5 Å². The molecule has 2 aliphatic heterocycles. The van der Waals surface area contributed by atoms with E-state index in [0.717, 1.165) is 73.2 Å². The topological polar surface area (TPSA) is 194 Å². The maximum absolute atomic E-state index is 13.2. The monoisotopic (exact) mass is 874 g/mol. The molecule has 2 aliphatic rings. The Bertz CT molecular complexity index is 2070. The molecule has 0 fully saturated rings. The van der Waals surface area contributed by atoms with E-state index in [-0.39, 0.29) is 57.2 Å². The molecule has 0 saturated carbocycles. The summed E-state index contributed by atoms with van der Waals surface area (Å²) >= 11 is 0. The Balaban J connectivity index is 0.000000573. The van der Waals surface area contributed by atoms with Crippen molar-refractivity contribution in [3.63, 3.8) is 0 Å². The Hall–Kier alpha value is -4.08. The molecule has 2 amide bonds. The minimum absolute atomic E-state index is 0. The van der Waals surface area contributed by atoms with Crippen molar-refractivity contribution in [3.8, 4) is 22.8 Å². The fraction of sp³-hybridized carbons (Fsp3) is 0.488. The first kappa shape index (κ1) is 54.9. The predicted octanol–water partition coefficient (Wildman–Crippen LogP) is 2.37. The van der Waals surface area contributed by atoms with E-state index >= 15 is 0 Å². The Labute approximate surface area is 385 Å². The number of carboxylic acids is 1. The quantitative estimate of drug-likeness (QED) is 0.174. The van der Waals surface area contributed by atoms with E-state index in [4.69, 9.17) is 9.72 Å². The molecule has 330 valence electrons. The van der Waals surface area contributed by atoms with Gasteiger partial charge in [0.1, 0.15) is 23.7 Å². The summed E-state index contributed by atoms with van der Waals surface area (Å²) in [6.45, 7) is 15.7. The van der Waals surface area contributed by atoms with Crippen molar-refractivity contribution in [2.24, 2.45) is 10.8 Å². The number of imidazole rings is 2. The van der Waals surface area contributed by atoms with Crippen LogP contribution < -0.4 is 29.5 Å². The third kappa shape index (κ3) is 13.5. The number of nitrogens with one attached hydrogen (secondary N) is 2. The van der Waals surface area contributed by atoms with Gasteiger partial charge in [-0.05, 0) is 50.9 Å². The van der Waals surface area contributed by atoms with E-state index in [1.54, 1.807) is 20.8 Å². The van der Waals surface area contributed by atoms with Gasteiger partial charge in [-0.1, -0.05) is 102 Å². The fourth-order valence-corrected chi connectivity index (χ4v) is 7.22. The van der Waals surface area contributed by atoms with Crippen molar-refractivity contribution >= 4 is 50.7 Å². The zero-order valence-electron chi connectivity index (χ0n) is 37.2. The van der Waals surface area contributed by atoms with Gasteiger partial charge in [-0.15, -0.1) is 0 Å². The number of methoxy groups -OCH3 is 1. The van der Waals surface area contributed by atoms with Crippen LogP contribution in [0.5, 0.6) is 0 Å². The second kappa shape index (κ2) is 23.4. The number of carboxylic acid groups (broad SMARTS) is 1. The van der Waals surface area contributed by atoms with E-state index in [1.165, 1.54) is 7.11 Å². The molecule has 4 N–H and O–H groups in total. The molecule has 0 unspecified atom stereocenters. The van der Waals surface area contributed by atoms with Crippen LogP contribution in [0.2, 0.25) is 0 Å². The number of carbonyl (C=O) groups is 4. The van der Waals surface area contributed by atoms with Crippen LogP contribution in [0.4, 0.5) is 0 Å². The summed E-state index contributed by atoms with van der Waals surface area (Å²) in [5.41, 5.74) is 3.19. The third-order valence-electron chi connectivity index (χ3n) is 10.3. The fourth-order valence-electron chi connectivity index (χ4n) is 7.22. The molecule has 0 bridgehead atoms. The molecular weight excluding hydrogens is 812 g/mol. The van der Waals surface area contributed by atoms with Crippen LogP contribution in [0, 0.1) is 10.8 Å². The number of nitrogens with zero attached hydrogens (tertiary/aromatic N) is 6. The van der Waals surface area contributed by atoms with Crippen LogP contribution in [0.3, 0.4) is 0 Å². The van der Waals surface area contributed by atoms with Gasteiger partial charge in [0.15, 0.2) is 11.4 Å². The number of amides is 2. The summed E-state index contributed by atoms with van der Waals surface area (Å²) in [4.78, 5) is 64.0. The minimum atomic E-state index is -1.05. The second-order valence-electron chi connectivity index (χ2n) is 17.1. The Morgan fingerprint density at radius 3 is 1.34 bits per heavy atom. The van der Waals surface area contributed by atoms with Gasteiger partial charge in [-0.2, -0.15) is 27.0 Å². The molecule has 6 rings (SSSR count). The summed E-state index contributed by atoms with van der Waals surface area (Å²) in [5.74, 6) is -0.770. The summed E-state index contributed by atoms with van der Waals surface area (Å²) < 4.78 is 9.15. The van der Waals surface area contributed by atoms with E-state index in [1.807, 2.05) is 95.5 Å². The summed E-state index contributed by atoms with van der Waals surface area (Å²) in [6.07, 6.45) is 1.94. The minimum Gasteiger partial charge on any atom is -0.870 e. The predicted molar refractivity (Wildman–Crippen MR) is 241 cm³/mol. The molecule has 0 aliphatic carbocycles. The standard InChI is InChI=1S/C22H30N4O3.C21H28N4O3.Li.H2O.2H2S/c1-22(2,3)18(21(28)29-5)24-20(27)17-16-14-25(4)12-9-13-26(16)19(23-17)15-10-7-6-8-11-15;1-21(2,3)17(20(27)28)23-19(26)16-15-13-24(4)11-8-12-25(15)18(22-16)14-9-6-5-7-10-14;;;;/h6-8,10-11,18H,9,12-14H2,1-5H3,(H,24,27);5-7,9-10,17H,8,11-13H2,1-4H3,(H,23,26)(H,27,28);;3*1H2/q;;+1;;;/p-1/t18-;17-;;;;/m11..../s1. The summed E-state index contributed by atoms with van der Waals surface area (Å²) in [6, 6.07) is 17.9. The van der Waals surface area contributed by atoms with Gasteiger partial charge in [0, 0.05) is 37.3 Å². The van der Waals surface area contributed by atoms with Crippen LogP contribution in [0.15, 0.2) is 60.7 Å². The smallest absolute Gasteiger partial charge is 0.870 e. The number of fused-ring (bicyclic) bond motifs is 2. The third-order valence-corrected chi connectivity index (χ3v) is 10.3. The Morgan fingerprint density at radius 2 is 1.02 bits per heavy atom. The number of hydrogen-bond donors (Lipinski definition) is 3. The largest absolute Gasteiger partial charge is 1.00 e. The number of benzene rings is 2. The zero-order valence-corrected chi connectivity index (χ0v) is 39.2. The van der Waals surface area contributed by atoms with Crippen molar-refractivity contribution in [1.82, 2.24) is 39.5 Å². The van der Waals surface area contributed by atoms with Gasteiger partial charge >= 0.3 is 30.8 Å². The Kier molecular flexibility index (Phi) is 21.1. The molecule has 15 nitrogen and oxygen atoms in total. The van der Waals surface area contributed by atoms with Crippen LogP contribution >= 0.6 is 27.0 Å². The number of aromatic nitrogens is 4. The van der Waals surface area contributed by atoms with Crippen molar-refractivity contribution in [2.75, 3.05) is 34.3 Å². The SMILES string of the molecule is CN1CCCn2c(-c3ccccc3)nc(C(=O)N[C@H](C(=O)O)C(C)(C)C)c2C1.COC(=O)[C@@H](NC(=O)c1nc(-c2ccccc2)n2c1CN(C)CCC2)C(C)(C)C.S.S.[Li+].[OH-]. The van der Waals surface area contributed by atoms with Gasteiger partial charge in [-0.3, -0.25) is 9.59 Å². The van der Waals surface area contributed by atoms with Crippen LogP contribution in [0.1, 0.15) is 86.7 Å². The zero-order chi connectivity index (χ0) is 41.7. The Morgan fingerprint density at radius 1 is 0.656 bits per heavy atom. The van der Waals surface area contributed by atoms with Crippen molar-refractivity contribution < 1.29 is 53.4 Å². The average molecular weight is 875 g/mol. The van der Waals surface area contributed by atoms with E-state index < -0.39 is 40.8 Å². The summed E-state index contributed by atoms with van der Waals surface area (Å²) in [5, 5.41) is 15.1. The van der Waals surface area contributed by atoms with Crippen LogP contribution in [-0.4, -0.2) is 110 Å².